The van der Waals surface area contributed by atoms with E-state index in [0.29, 0.717) is 0 Å². The molecule has 0 atom stereocenters. The van der Waals surface area contributed by atoms with Gasteiger partial charge in [0.15, 0.2) is 0 Å². The molecule has 1 aromatic rings. The van der Waals surface area contributed by atoms with Gasteiger partial charge in [0.25, 0.3) is 0 Å². The summed E-state index contributed by atoms with van der Waals surface area (Å²) in [4.78, 5) is 0. The molecule has 0 spiro atoms. The molecule has 60 valence electrons. The summed E-state index contributed by atoms with van der Waals surface area (Å²) in [7, 11) is 0. The molecule has 0 aromatic heterocycles. The second-order valence-corrected chi connectivity index (χ2v) is 2.45. The van der Waals surface area contributed by atoms with Crippen LogP contribution < -0.4 is 11.3 Å². The number of rotatable bonds is 2. The predicted molar refractivity (Wildman–Crippen MR) is 44.9 cm³/mol. The highest BCUT2D eigenvalue weighted by Gasteiger charge is 1.96. The van der Waals surface area contributed by atoms with Crippen molar-refractivity contribution in [3.05, 3.63) is 29.3 Å². The third-order valence-corrected chi connectivity index (χ3v) is 1.64. The lowest BCUT2D eigenvalue weighted by molar-refractivity contribution is 0.282. The zero-order chi connectivity index (χ0) is 8.27. The first kappa shape index (κ1) is 8.04. The van der Waals surface area contributed by atoms with Gasteiger partial charge in [-0.1, -0.05) is 12.1 Å². The molecule has 0 amide bonds. The minimum Gasteiger partial charge on any atom is -0.392 e. The van der Waals surface area contributed by atoms with Gasteiger partial charge in [-0.25, -0.2) is 0 Å². The summed E-state index contributed by atoms with van der Waals surface area (Å²) in [6.45, 7) is 2.01. The van der Waals surface area contributed by atoms with E-state index in [9.17, 15) is 0 Å². The summed E-state index contributed by atoms with van der Waals surface area (Å²) in [6, 6.07) is 5.62. The standard InChI is InChI=1S/C8H12N2O/c1-6-2-3-7(5-11)4-8(6)10-9/h2-4,10-11H,5,9H2,1H3. The van der Waals surface area contributed by atoms with Crippen LogP contribution in [-0.4, -0.2) is 5.11 Å². The van der Waals surface area contributed by atoms with Gasteiger partial charge in [0, 0.05) is 0 Å². The molecule has 3 nitrogen and oxygen atoms in total. The second kappa shape index (κ2) is 3.37. The molecule has 1 aromatic carbocycles. The molecule has 0 bridgehead atoms. The topological polar surface area (TPSA) is 58.3 Å². The van der Waals surface area contributed by atoms with Crippen LogP contribution in [0, 0.1) is 6.92 Å². The molecular formula is C8H12N2O. The van der Waals surface area contributed by atoms with Crippen LogP contribution in [0.15, 0.2) is 18.2 Å². The molecule has 0 saturated heterocycles. The van der Waals surface area contributed by atoms with Crippen molar-refractivity contribution < 1.29 is 5.11 Å². The molecule has 0 aliphatic carbocycles. The van der Waals surface area contributed by atoms with E-state index in [1.165, 1.54) is 0 Å². The van der Waals surface area contributed by atoms with Gasteiger partial charge >= 0.3 is 0 Å². The van der Waals surface area contributed by atoms with Gasteiger partial charge in [0.2, 0.25) is 0 Å². The van der Waals surface area contributed by atoms with Crippen LogP contribution in [0.5, 0.6) is 0 Å². The smallest absolute Gasteiger partial charge is 0.0682 e. The fourth-order valence-electron chi connectivity index (χ4n) is 0.923. The molecular weight excluding hydrogens is 140 g/mol. The maximum absolute atomic E-state index is 8.78. The van der Waals surface area contributed by atoms with Crippen molar-refractivity contribution in [1.82, 2.24) is 0 Å². The summed E-state index contributed by atoms with van der Waals surface area (Å²) < 4.78 is 0. The number of aliphatic hydroxyl groups is 1. The number of nitrogens with two attached hydrogens (primary N) is 1. The van der Waals surface area contributed by atoms with Crippen LogP contribution in [0.3, 0.4) is 0 Å². The van der Waals surface area contributed by atoms with Gasteiger partial charge < -0.3 is 10.5 Å². The Hall–Kier alpha value is -1.06. The molecule has 0 radical (unpaired) electrons. The van der Waals surface area contributed by atoms with E-state index in [1.807, 2.05) is 25.1 Å². The van der Waals surface area contributed by atoms with E-state index < -0.39 is 0 Å². The molecule has 0 aliphatic heterocycles. The van der Waals surface area contributed by atoms with Gasteiger partial charge in [-0.3, -0.25) is 5.84 Å². The lowest BCUT2D eigenvalue weighted by Gasteiger charge is -2.05. The zero-order valence-corrected chi connectivity index (χ0v) is 6.46. The summed E-state index contributed by atoms with van der Waals surface area (Å²) in [5.41, 5.74) is 5.35. The van der Waals surface area contributed by atoms with E-state index in [4.69, 9.17) is 10.9 Å². The van der Waals surface area contributed by atoms with Crippen molar-refractivity contribution in [2.75, 3.05) is 5.43 Å². The Morgan fingerprint density at radius 3 is 2.82 bits per heavy atom. The lowest BCUT2D eigenvalue weighted by atomic mass is 10.1. The Morgan fingerprint density at radius 2 is 2.27 bits per heavy atom. The molecule has 0 heterocycles. The Bertz CT molecular complexity index is 248. The summed E-state index contributed by atoms with van der Waals surface area (Å²) in [5.74, 6) is 5.24. The van der Waals surface area contributed by atoms with Gasteiger partial charge in [-0.2, -0.15) is 0 Å². The van der Waals surface area contributed by atoms with Crippen molar-refractivity contribution in [3.8, 4) is 0 Å². The second-order valence-electron chi connectivity index (χ2n) is 2.45. The van der Waals surface area contributed by atoms with Crippen LogP contribution in [0.1, 0.15) is 11.1 Å². The largest absolute Gasteiger partial charge is 0.392 e. The summed E-state index contributed by atoms with van der Waals surface area (Å²) in [6.07, 6.45) is 0. The summed E-state index contributed by atoms with van der Waals surface area (Å²) in [5, 5.41) is 8.78. The number of aliphatic hydroxyl groups excluding tert-OH is 1. The normalized spacial score (nSPS) is 9.73. The minimum absolute atomic E-state index is 0.0506. The highest BCUT2D eigenvalue weighted by molar-refractivity contribution is 5.51. The van der Waals surface area contributed by atoms with E-state index in [0.717, 1.165) is 16.8 Å². The van der Waals surface area contributed by atoms with Gasteiger partial charge in [0.05, 0.1) is 12.3 Å². The number of aryl methyl sites for hydroxylation is 1. The van der Waals surface area contributed by atoms with Gasteiger partial charge in [-0.15, -0.1) is 0 Å². The van der Waals surface area contributed by atoms with Gasteiger partial charge in [-0.05, 0) is 24.1 Å². The molecule has 0 aliphatic rings. The number of nitrogen functional groups attached to an aromatic ring is 1. The maximum atomic E-state index is 8.78. The highest BCUT2D eigenvalue weighted by Crippen LogP contribution is 2.14. The Morgan fingerprint density at radius 1 is 1.55 bits per heavy atom. The van der Waals surface area contributed by atoms with E-state index in [-0.39, 0.29) is 6.61 Å². The van der Waals surface area contributed by atoms with Crippen LogP contribution in [0.25, 0.3) is 0 Å². The number of hydrogen-bond acceptors (Lipinski definition) is 3. The van der Waals surface area contributed by atoms with Crippen LogP contribution in [-0.2, 0) is 6.61 Å². The van der Waals surface area contributed by atoms with Crippen molar-refractivity contribution >= 4 is 5.69 Å². The van der Waals surface area contributed by atoms with Crippen molar-refractivity contribution in [2.24, 2.45) is 5.84 Å². The molecule has 0 saturated carbocycles. The lowest BCUT2D eigenvalue weighted by Crippen LogP contribution is -2.08. The molecule has 4 N–H and O–H groups in total. The van der Waals surface area contributed by atoms with Crippen LogP contribution in [0.4, 0.5) is 5.69 Å². The third kappa shape index (κ3) is 1.69. The van der Waals surface area contributed by atoms with Crippen molar-refractivity contribution in [1.29, 1.82) is 0 Å². The van der Waals surface area contributed by atoms with Crippen LogP contribution >= 0.6 is 0 Å². The van der Waals surface area contributed by atoms with Crippen LogP contribution in [0.2, 0.25) is 0 Å². The van der Waals surface area contributed by atoms with Gasteiger partial charge in [0.1, 0.15) is 0 Å². The first-order chi connectivity index (χ1) is 5.27. The number of benzene rings is 1. The molecule has 11 heavy (non-hydrogen) atoms. The van der Waals surface area contributed by atoms with Crippen molar-refractivity contribution in [2.45, 2.75) is 13.5 Å². The first-order valence-corrected chi connectivity index (χ1v) is 3.45. The number of nitrogens with one attached hydrogen (secondary N) is 1. The average molecular weight is 152 g/mol. The first-order valence-electron chi connectivity index (χ1n) is 3.45. The number of hydrazine groups is 1. The minimum atomic E-state index is 0.0506. The average Bonchev–Trinajstić information content (AvgIpc) is 2.05. The number of hydrogen-bond donors (Lipinski definition) is 3. The van der Waals surface area contributed by atoms with Crippen molar-refractivity contribution in [3.63, 3.8) is 0 Å². The molecule has 3 heteroatoms. The molecule has 0 fully saturated rings. The Labute approximate surface area is 65.8 Å². The SMILES string of the molecule is Cc1ccc(CO)cc1NN. The predicted octanol–water partition coefficient (Wildman–Crippen LogP) is 0.773. The number of anilines is 1. The van der Waals surface area contributed by atoms with E-state index in [1.54, 1.807) is 0 Å². The Balaban J connectivity index is 3.02. The highest BCUT2D eigenvalue weighted by atomic mass is 16.3. The monoisotopic (exact) mass is 152 g/mol. The van der Waals surface area contributed by atoms with E-state index >= 15 is 0 Å². The third-order valence-electron chi connectivity index (χ3n) is 1.64. The summed E-state index contributed by atoms with van der Waals surface area (Å²) >= 11 is 0. The fourth-order valence-corrected chi connectivity index (χ4v) is 0.923. The Kier molecular flexibility index (Phi) is 2.46. The fraction of sp³-hybridized carbons (Fsp3) is 0.250. The van der Waals surface area contributed by atoms with E-state index in [2.05, 4.69) is 5.43 Å². The quantitative estimate of drug-likeness (QED) is 0.433. The molecule has 0 unspecified atom stereocenters. The molecule has 1 rings (SSSR count). The maximum Gasteiger partial charge on any atom is 0.0682 e. The zero-order valence-electron chi connectivity index (χ0n) is 6.46.